The van der Waals surface area contributed by atoms with E-state index >= 15 is 0 Å². The monoisotopic (exact) mass is 315 g/mol. The number of rotatable bonds is 8. The van der Waals surface area contributed by atoms with Gasteiger partial charge in [-0.25, -0.2) is 9.69 Å². The van der Waals surface area contributed by atoms with Crippen molar-refractivity contribution in [3.05, 3.63) is 48.6 Å². The van der Waals surface area contributed by atoms with Crippen LogP contribution in [0.15, 0.2) is 43.0 Å². The van der Waals surface area contributed by atoms with E-state index < -0.39 is 6.09 Å². The molecule has 1 heterocycles. The van der Waals surface area contributed by atoms with Crippen LogP contribution in [0.3, 0.4) is 0 Å². The van der Waals surface area contributed by atoms with Crippen LogP contribution in [-0.4, -0.2) is 29.5 Å². The van der Waals surface area contributed by atoms with Gasteiger partial charge in [-0.1, -0.05) is 49.8 Å². The molecule has 4 heteroatoms. The van der Waals surface area contributed by atoms with Crippen molar-refractivity contribution in [1.29, 1.82) is 0 Å². The van der Waals surface area contributed by atoms with Crippen molar-refractivity contribution in [2.24, 2.45) is 5.92 Å². The molecule has 1 fully saturated rings. The van der Waals surface area contributed by atoms with E-state index in [-0.39, 0.29) is 24.5 Å². The fourth-order valence-electron chi connectivity index (χ4n) is 2.87. The molecule has 0 aromatic heterocycles. The minimum Gasteiger partial charge on any atom is -0.447 e. The number of carbonyl (C=O) groups is 2. The lowest BCUT2D eigenvalue weighted by atomic mass is 10.00. The average molecular weight is 315 g/mol. The highest BCUT2D eigenvalue weighted by atomic mass is 16.6. The lowest BCUT2D eigenvalue weighted by molar-refractivity contribution is -0.133. The first-order valence-corrected chi connectivity index (χ1v) is 8.28. The highest BCUT2D eigenvalue weighted by Gasteiger charge is 2.39. The lowest BCUT2D eigenvalue weighted by Gasteiger charge is -2.23. The first-order valence-electron chi connectivity index (χ1n) is 8.28. The zero-order valence-corrected chi connectivity index (χ0v) is 13.7. The standard InChI is InChI=1S/C19H25NO3/c1-3-4-5-7-10-15(2)18(21)20-17(14-23-19(20)22)13-16-11-8-6-9-12-16/h3,6,8-9,11-12,15,17H,1,4-5,7,10,13-14H2,2H3/t15-,17-/m1/s1. The molecule has 0 spiro atoms. The molecule has 4 nitrogen and oxygen atoms in total. The molecule has 0 unspecified atom stereocenters. The zero-order valence-electron chi connectivity index (χ0n) is 13.7. The number of hydrogen-bond acceptors (Lipinski definition) is 3. The minimum absolute atomic E-state index is 0.118. The SMILES string of the molecule is C=CCCCC[C@@H](C)C(=O)N1C(=O)OC[C@H]1Cc1ccccc1. The molecule has 2 amide bonds. The van der Waals surface area contributed by atoms with Crippen LogP contribution in [0.25, 0.3) is 0 Å². The Hall–Kier alpha value is -2.10. The van der Waals surface area contributed by atoms with Gasteiger partial charge in [-0.05, 0) is 31.2 Å². The van der Waals surface area contributed by atoms with Gasteiger partial charge in [-0.2, -0.15) is 0 Å². The number of hydrogen-bond donors (Lipinski definition) is 0. The second-order valence-electron chi connectivity index (χ2n) is 6.10. The van der Waals surface area contributed by atoms with E-state index in [0.29, 0.717) is 6.42 Å². The Labute approximate surface area is 138 Å². The predicted octanol–water partition coefficient (Wildman–Crippen LogP) is 3.96. The van der Waals surface area contributed by atoms with E-state index in [1.165, 1.54) is 4.90 Å². The smallest absolute Gasteiger partial charge is 0.416 e. The van der Waals surface area contributed by atoms with Crippen LogP contribution in [-0.2, 0) is 16.0 Å². The van der Waals surface area contributed by atoms with Gasteiger partial charge in [0, 0.05) is 5.92 Å². The third-order valence-corrected chi connectivity index (χ3v) is 4.23. The molecule has 0 aliphatic carbocycles. The molecule has 1 saturated heterocycles. The van der Waals surface area contributed by atoms with E-state index in [2.05, 4.69) is 6.58 Å². The van der Waals surface area contributed by atoms with Crippen LogP contribution >= 0.6 is 0 Å². The maximum absolute atomic E-state index is 12.6. The van der Waals surface area contributed by atoms with Gasteiger partial charge in [0.25, 0.3) is 0 Å². The molecular formula is C19H25NO3. The summed E-state index contributed by atoms with van der Waals surface area (Å²) in [6.45, 7) is 5.87. The van der Waals surface area contributed by atoms with Crippen molar-refractivity contribution in [3.63, 3.8) is 0 Å². The Kier molecular flexibility index (Phi) is 6.39. The zero-order chi connectivity index (χ0) is 16.7. The Morgan fingerprint density at radius 3 is 2.83 bits per heavy atom. The van der Waals surface area contributed by atoms with Gasteiger partial charge in [-0.3, -0.25) is 4.79 Å². The molecule has 1 aliphatic rings. The molecule has 2 atom stereocenters. The van der Waals surface area contributed by atoms with E-state index in [0.717, 1.165) is 31.2 Å². The predicted molar refractivity (Wildman–Crippen MR) is 90.0 cm³/mol. The molecule has 0 bridgehead atoms. The van der Waals surface area contributed by atoms with Crippen molar-refractivity contribution in [3.8, 4) is 0 Å². The molecule has 1 aromatic carbocycles. The largest absolute Gasteiger partial charge is 0.447 e. The minimum atomic E-state index is -0.506. The number of unbranched alkanes of at least 4 members (excludes halogenated alkanes) is 2. The highest BCUT2D eigenvalue weighted by Crippen LogP contribution is 2.22. The molecule has 124 valence electrons. The van der Waals surface area contributed by atoms with Crippen molar-refractivity contribution < 1.29 is 14.3 Å². The van der Waals surface area contributed by atoms with E-state index in [1.54, 1.807) is 0 Å². The van der Waals surface area contributed by atoms with Gasteiger partial charge in [-0.15, -0.1) is 6.58 Å². The van der Waals surface area contributed by atoms with Gasteiger partial charge < -0.3 is 4.74 Å². The fourth-order valence-corrected chi connectivity index (χ4v) is 2.87. The summed E-state index contributed by atoms with van der Waals surface area (Å²) in [5.74, 6) is -0.282. The number of imide groups is 1. The quantitative estimate of drug-likeness (QED) is 0.539. The number of nitrogens with zero attached hydrogens (tertiary/aromatic N) is 1. The van der Waals surface area contributed by atoms with Crippen molar-refractivity contribution >= 4 is 12.0 Å². The third kappa shape index (κ3) is 4.68. The lowest BCUT2D eigenvalue weighted by Crippen LogP contribution is -2.43. The van der Waals surface area contributed by atoms with Gasteiger partial charge >= 0.3 is 6.09 Å². The highest BCUT2D eigenvalue weighted by molar-refractivity contribution is 5.94. The van der Waals surface area contributed by atoms with Gasteiger partial charge in [0.1, 0.15) is 6.61 Å². The van der Waals surface area contributed by atoms with Crippen molar-refractivity contribution in [1.82, 2.24) is 4.90 Å². The number of benzene rings is 1. The molecule has 0 radical (unpaired) electrons. The Morgan fingerprint density at radius 2 is 2.13 bits per heavy atom. The van der Waals surface area contributed by atoms with Gasteiger partial charge in [0.15, 0.2) is 0 Å². The van der Waals surface area contributed by atoms with Crippen LogP contribution in [0.4, 0.5) is 4.79 Å². The maximum atomic E-state index is 12.6. The van der Waals surface area contributed by atoms with Crippen LogP contribution < -0.4 is 0 Å². The first kappa shape index (κ1) is 17.3. The molecule has 0 saturated carbocycles. The first-order chi connectivity index (χ1) is 11.1. The van der Waals surface area contributed by atoms with Crippen LogP contribution in [0.5, 0.6) is 0 Å². The average Bonchev–Trinajstić information content (AvgIpc) is 2.92. The summed E-state index contributed by atoms with van der Waals surface area (Å²) in [6, 6.07) is 9.68. The molecule has 2 rings (SSSR count). The topological polar surface area (TPSA) is 46.6 Å². The summed E-state index contributed by atoms with van der Waals surface area (Å²) in [7, 11) is 0. The summed E-state index contributed by atoms with van der Waals surface area (Å²) in [5.41, 5.74) is 1.10. The van der Waals surface area contributed by atoms with Crippen LogP contribution in [0, 0.1) is 5.92 Å². The summed E-state index contributed by atoms with van der Waals surface area (Å²) >= 11 is 0. The number of carbonyl (C=O) groups excluding carboxylic acids is 2. The summed E-state index contributed by atoms with van der Waals surface area (Å²) in [4.78, 5) is 25.9. The molecular weight excluding hydrogens is 290 g/mol. The second-order valence-corrected chi connectivity index (χ2v) is 6.10. The van der Waals surface area contributed by atoms with E-state index in [4.69, 9.17) is 4.74 Å². The maximum Gasteiger partial charge on any atom is 0.416 e. The van der Waals surface area contributed by atoms with Gasteiger partial charge in [0.2, 0.25) is 5.91 Å². The summed E-state index contributed by atoms with van der Waals surface area (Å²) in [6.07, 6.45) is 5.76. The summed E-state index contributed by atoms with van der Waals surface area (Å²) in [5, 5.41) is 0. The van der Waals surface area contributed by atoms with Gasteiger partial charge in [0.05, 0.1) is 6.04 Å². The number of ether oxygens (including phenoxy) is 1. The number of amides is 2. The van der Waals surface area contributed by atoms with E-state index in [1.807, 2.05) is 43.3 Å². The Bertz CT molecular complexity index is 541. The van der Waals surface area contributed by atoms with E-state index in [9.17, 15) is 9.59 Å². The third-order valence-electron chi connectivity index (χ3n) is 4.23. The number of cyclic esters (lactones) is 1. The molecule has 23 heavy (non-hydrogen) atoms. The Morgan fingerprint density at radius 1 is 1.39 bits per heavy atom. The molecule has 1 aliphatic heterocycles. The van der Waals surface area contributed by atoms with Crippen LogP contribution in [0.2, 0.25) is 0 Å². The van der Waals surface area contributed by atoms with Crippen molar-refractivity contribution in [2.75, 3.05) is 6.61 Å². The molecule has 0 N–H and O–H groups in total. The van der Waals surface area contributed by atoms with Crippen LogP contribution in [0.1, 0.15) is 38.2 Å². The Balaban J connectivity index is 1.95. The normalized spacial score (nSPS) is 18.6. The summed E-state index contributed by atoms with van der Waals surface area (Å²) < 4.78 is 5.12. The second kappa shape index (κ2) is 8.51. The molecule has 1 aromatic rings. The number of allylic oxidation sites excluding steroid dienone is 1. The fraction of sp³-hybridized carbons (Fsp3) is 0.474. The van der Waals surface area contributed by atoms with Crippen molar-refractivity contribution in [2.45, 2.75) is 45.1 Å².